The van der Waals surface area contributed by atoms with Crippen molar-refractivity contribution in [2.24, 2.45) is 0 Å². The van der Waals surface area contributed by atoms with Crippen molar-refractivity contribution in [1.29, 1.82) is 0 Å². The lowest BCUT2D eigenvalue weighted by molar-refractivity contribution is -0.384. The van der Waals surface area contributed by atoms with Gasteiger partial charge in [-0.3, -0.25) is 14.9 Å². The highest BCUT2D eigenvalue weighted by Crippen LogP contribution is 2.30. The quantitative estimate of drug-likeness (QED) is 0.640. The van der Waals surface area contributed by atoms with Crippen LogP contribution in [0.15, 0.2) is 18.2 Å². The molecule has 1 fully saturated rings. The van der Waals surface area contributed by atoms with Crippen LogP contribution in [-0.4, -0.2) is 39.5 Å². The predicted octanol–water partition coefficient (Wildman–Crippen LogP) is 2.33. The van der Waals surface area contributed by atoms with Gasteiger partial charge >= 0.3 is 12.0 Å². The Morgan fingerprint density at radius 3 is 2.67 bits per heavy atom. The molecule has 1 aliphatic rings. The zero-order valence-electron chi connectivity index (χ0n) is 10.8. The van der Waals surface area contributed by atoms with E-state index in [0.29, 0.717) is 0 Å². The Morgan fingerprint density at radius 1 is 1.48 bits per heavy atom. The second kappa shape index (κ2) is 5.96. The summed E-state index contributed by atoms with van der Waals surface area (Å²) in [6.07, 6.45) is 1.48. The summed E-state index contributed by atoms with van der Waals surface area (Å²) < 4.78 is 0. The fourth-order valence-electron chi connectivity index (χ4n) is 1.81. The average Bonchev–Trinajstić information content (AvgIpc) is 3.22. The Bertz CT molecular complexity index is 603. The minimum Gasteiger partial charge on any atom is -0.480 e. The number of non-ortho nitro benzene ring substituents is 1. The molecule has 0 atom stereocenters. The molecule has 112 valence electrons. The molecule has 1 aliphatic carbocycles. The molecule has 0 heterocycles. The average molecular weight is 314 g/mol. The second-order valence-corrected chi connectivity index (χ2v) is 5.01. The number of hydrogen-bond donors (Lipinski definition) is 2. The maximum Gasteiger partial charge on any atom is 0.323 e. The molecule has 9 heteroatoms. The van der Waals surface area contributed by atoms with Gasteiger partial charge < -0.3 is 15.3 Å². The van der Waals surface area contributed by atoms with E-state index < -0.39 is 23.5 Å². The van der Waals surface area contributed by atoms with Gasteiger partial charge in [0.1, 0.15) is 6.54 Å². The number of amides is 2. The van der Waals surface area contributed by atoms with Gasteiger partial charge in [0, 0.05) is 18.2 Å². The fourth-order valence-corrected chi connectivity index (χ4v) is 1.97. The Morgan fingerprint density at radius 2 is 2.14 bits per heavy atom. The second-order valence-electron chi connectivity index (χ2n) is 4.60. The molecule has 1 aromatic carbocycles. The first-order valence-electron chi connectivity index (χ1n) is 6.12. The minimum absolute atomic E-state index is 0.0758. The van der Waals surface area contributed by atoms with Crippen molar-refractivity contribution in [2.45, 2.75) is 18.9 Å². The Kier molecular flexibility index (Phi) is 4.27. The molecule has 0 bridgehead atoms. The van der Waals surface area contributed by atoms with Crippen LogP contribution in [0.2, 0.25) is 5.02 Å². The number of carboxylic acid groups (broad SMARTS) is 1. The van der Waals surface area contributed by atoms with Gasteiger partial charge in [0.05, 0.1) is 15.6 Å². The summed E-state index contributed by atoms with van der Waals surface area (Å²) in [7, 11) is 0. The summed E-state index contributed by atoms with van der Waals surface area (Å²) in [6, 6.07) is 2.90. The van der Waals surface area contributed by atoms with Crippen LogP contribution in [0.25, 0.3) is 0 Å². The summed E-state index contributed by atoms with van der Waals surface area (Å²) >= 11 is 5.88. The lowest BCUT2D eigenvalue weighted by Gasteiger charge is -2.21. The first-order valence-corrected chi connectivity index (χ1v) is 6.49. The smallest absolute Gasteiger partial charge is 0.323 e. The Labute approximate surface area is 124 Å². The van der Waals surface area contributed by atoms with Gasteiger partial charge in [-0.1, -0.05) is 11.6 Å². The van der Waals surface area contributed by atoms with Crippen LogP contribution in [0, 0.1) is 10.1 Å². The molecule has 0 aliphatic heterocycles. The Hall–Kier alpha value is -2.35. The number of nitrogens with one attached hydrogen (secondary N) is 1. The number of aliphatic carboxylic acids is 1. The van der Waals surface area contributed by atoms with E-state index in [9.17, 15) is 19.7 Å². The summed E-state index contributed by atoms with van der Waals surface area (Å²) in [6.45, 7) is -0.428. The molecule has 8 nitrogen and oxygen atoms in total. The lowest BCUT2D eigenvalue weighted by Crippen LogP contribution is -2.40. The number of hydrogen-bond acceptors (Lipinski definition) is 4. The number of halogens is 1. The highest BCUT2D eigenvalue weighted by atomic mass is 35.5. The van der Waals surface area contributed by atoms with E-state index in [1.165, 1.54) is 17.0 Å². The maximum atomic E-state index is 12.1. The third-order valence-electron chi connectivity index (χ3n) is 2.96. The van der Waals surface area contributed by atoms with E-state index in [4.69, 9.17) is 16.7 Å². The highest BCUT2D eigenvalue weighted by Gasteiger charge is 2.34. The number of carboxylic acids is 1. The summed E-state index contributed by atoms with van der Waals surface area (Å²) in [4.78, 5) is 34.1. The number of nitro benzene ring substituents is 1. The molecule has 21 heavy (non-hydrogen) atoms. The van der Waals surface area contributed by atoms with E-state index in [2.05, 4.69) is 5.32 Å². The Balaban J connectivity index is 2.15. The summed E-state index contributed by atoms with van der Waals surface area (Å²) in [5, 5.41) is 22.1. The molecular formula is C12H12ClN3O5. The number of benzene rings is 1. The van der Waals surface area contributed by atoms with Gasteiger partial charge in [-0.15, -0.1) is 0 Å². The number of anilines is 1. The van der Waals surface area contributed by atoms with Crippen molar-refractivity contribution < 1.29 is 19.6 Å². The standard InChI is InChI=1S/C12H12ClN3O5/c13-9-4-3-8(16(20)21)5-10(9)14-12(19)15(6-11(17)18)7-1-2-7/h3-5,7H,1-2,6H2,(H,14,19)(H,17,18). The molecular weight excluding hydrogens is 302 g/mol. The molecule has 1 aromatic rings. The molecule has 2 amide bonds. The van der Waals surface area contributed by atoms with Crippen LogP contribution in [0.5, 0.6) is 0 Å². The molecule has 0 aromatic heterocycles. The van der Waals surface area contributed by atoms with Gasteiger partial charge in [0.2, 0.25) is 0 Å². The summed E-state index contributed by atoms with van der Waals surface area (Å²) in [5.41, 5.74) is -0.141. The van der Waals surface area contributed by atoms with Gasteiger partial charge in [-0.2, -0.15) is 0 Å². The van der Waals surface area contributed by atoms with Crippen LogP contribution in [-0.2, 0) is 4.79 Å². The number of nitrogens with zero attached hydrogens (tertiary/aromatic N) is 2. The zero-order valence-corrected chi connectivity index (χ0v) is 11.5. The van der Waals surface area contributed by atoms with Crippen LogP contribution in [0.4, 0.5) is 16.2 Å². The predicted molar refractivity (Wildman–Crippen MR) is 74.5 cm³/mol. The van der Waals surface area contributed by atoms with E-state index in [-0.39, 0.29) is 22.4 Å². The van der Waals surface area contributed by atoms with Crippen LogP contribution < -0.4 is 5.32 Å². The molecule has 2 N–H and O–H groups in total. The minimum atomic E-state index is -1.12. The third kappa shape index (κ3) is 3.82. The van der Waals surface area contributed by atoms with Crippen molar-refractivity contribution in [3.05, 3.63) is 33.3 Å². The number of urea groups is 1. The highest BCUT2D eigenvalue weighted by molar-refractivity contribution is 6.33. The van der Waals surface area contributed by atoms with E-state index in [0.717, 1.165) is 18.9 Å². The molecule has 0 unspecified atom stereocenters. The first-order chi connectivity index (χ1) is 9.88. The molecule has 0 saturated heterocycles. The van der Waals surface area contributed by atoms with E-state index in [1.54, 1.807) is 0 Å². The molecule has 2 rings (SSSR count). The number of rotatable bonds is 5. The van der Waals surface area contributed by atoms with Crippen molar-refractivity contribution in [3.8, 4) is 0 Å². The number of carbonyl (C=O) groups excluding carboxylic acids is 1. The zero-order chi connectivity index (χ0) is 15.6. The number of carbonyl (C=O) groups is 2. The molecule has 0 radical (unpaired) electrons. The van der Waals surface area contributed by atoms with Gasteiger partial charge in [-0.05, 0) is 18.9 Å². The molecule has 1 saturated carbocycles. The van der Waals surface area contributed by atoms with Gasteiger partial charge in [-0.25, -0.2) is 4.79 Å². The van der Waals surface area contributed by atoms with Crippen molar-refractivity contribution in [2.75, 3.05) is 11.9 Å². The van der Waals surface area contributed by atoms with E-state index >= 15 is 0 Å². The summed E-state index contributed by atoms with van der Waals surface area (Å²) in [5.74, 6) is -1.12. The van der Waals surface area contributed by atoms with Crippen molar-refractivity contribution in [3.63, 3.8) is 0 Å². The first kappa shape index (κ1) is 15.0. The maximum absolute atomic E-state index is 12.1. The molecule has 0 spiro atoms. The monoisotopic (exact) mass is 313 g/mol. The largest absolute Gasteiger partial charge is 0.480 e. The van der Waals surface area contributed by atoms with Crippen molar-refractivity contribution >= 4 is 35.0 Å². The lowest BCUT2D eigenvalue weighted by atomic mass is 10.3. The van der Waals surface area contributed by atoms with Crippen LogP contribution >= 0.6 is 11.6 Å². The topological polar surface area (TPSA) is 113 Å². The van der Waals surface area contributed by atoms with Crippen LogP contribution in [0.1, 0.15) is 12.8 Å². The normalized spacial score (nSPS) is 13.6. The van der Waals surface area contributed by atoms with Crippen molar-refractivity contribution in [1.82, 2.24) is 4.90 Å². The SMILES string of the molecule is O=C(O)CN(C(=O)Nc1cc([N+](=O)[O-])ccc1Cl)C1CC1. The third-order valence-corrected chi connectivity index (χ3v) is 3.29. The van der Waals surface area contributed by atoms with E-state index in [1.807, 2.05) is 0 Å². The number of nitro groups is 1. The van der Waals surface area contributed by atoms with Crippen LogP contribution in [0.3, 0.4) is 0 Å². The van der Waals surface area contributed by atoms with Gasteiger partial charge in [0.25, 0.3) is 5.69 Å². The fraction of sp³-hybridized carbons (Fsp3) is 0.333. The van der Waals surface area contributed by atoms with Gasteiger partial charge in [0.15, 0.2) is 0 Å².